The number of carbonyl (C=O) groups is 1. The van der Waals surface area contributed by atoms with Gasteiger partial charge in [-0.05, 0) is 31.9 Å². The number of carboxylic acids is 1. The quantitative estimate of drug-likeness (QED) is 0.846. The molecule has 118 valence electrons. The Balaban J connectivity index is 2.24. The summed E-state index contributed by atoms with van der Waals surface area (Å²) in [4.78, 5) is 11.3. The van der Waals surface area contributed by atoms with Crippen LogP contribution in [0.4, 0.5) is 0 Å². The molecule has 0 bridgehead atoms. The van der Waals surface area contributed by atoms with Crippen molar-refractivity contribution >= 4 is 16.0 Å². The Morgan fingerprint density at radius 1 is 1.27 bits per heavy atom. The molecule has 0 saturated carbocycles. The highest BCUT2D eigenvalue weighted by atomic mass is 32.2. The van der Waals surface area contributed by atoms with Gasteiger partial charge in [0.1, 0.15) is 22.5 Å². The second kappa shape index (κ2) is 6.33. The van der Waals surface area contributed by atoms with E-state index >= 15 is 0 Å². The first-order valence-electron chi connectivity index (χ1n) is 6.65. The summed E-state index contributed by atoms with van der Waals surface area (Å²) in [5, 5.41) is 9.27. The van der Waals surface area contributed by atoms with Crippen molar-refractivity contribution in [3.63, 3.8) is 0 Å². The van der Waals surface area contributed by atoms with Crippen molar-refractivity contribution in [3.8, 4) is 0 Å². The van der Waals surface area contributed by atoms with Crippen LogP contribution in [0.25, 0.3) is 0 Å². The number of nitrogens with one attached hydrogen (secondary N) is 1. The van der Waals surface area contributed by atoms with E-state index in [-0.39, 0.29) is 17.1 Å². The van der Waals surface area contributed by atoms with Gasteiger partial charge in [-0.2, -0.15) is 4.72 Å². The molecule has 1 atom stereocenters. The lowest BCUT2D eigenvalue weighted by atomic mass is 10.1. The molecule has 2 rings (SSSR count). The predicted octanol–water partition coefficient (Wildman–Crippen LogP) is 1.87. The van der Waals surface area contributed by atoms with Crippen molar-refractivity contribution < 1.29 is 22.7 Å². The second-order valence-corrected chi connectivity index (χ2v) is 6.66. The highest BCUT2D eigenvalue weighted by molar-refractivity contribution is 7.89. The monoisotopic (exact) mass is 323 g/mol. The van der Waals surface area contributed by atoms with Crippen LogP contribution < -0.4 is 4.72 Å². The SMILES string of the molecule is Cc1cc(S(=O)(=O)N[C@@H](Cc2ccccc2)C(=O)O)c(C)o1. The fourth-order valence-electron chi connectivity index (χ4n) is 2.15. The molecule has 2 N–H and O–H groups in total. The van der Waals surface area contributed by atoms with Gasteiger partial charge in [0, 0.05) is 0 Å². The molecule has 6 nitrogen and oxygen atoms in total. The first kappa shape index (κ1) is 16.3. The Kier molecular flexibility index (Phi) is 4.68. The average Bonchev–Trinajstić information content (AvgIpc) is 2.79. The van der Waals surface area contributed by atoms with E-state index in [0.717, 1.165) is 5.56 Å². The number of rotatable bonds is 6. The topological polar surface area (TPSA) is 96.6 Å². The van der Waals surface area contributed by atoms with Crippen molar-refractivity contribution in [2.75, 3.05) is 0 Å². The minimum atomic E-state index is -3.96. The molecule has 0 aliphatic rings. The molecule has 0 aliphatic carbocycles. The Hall–Kier alpha value is -2.12. The van der Waals surface area contributed by atoms with Gasteiger partial charge >= 0.3 is 5.97 Å². The highest BCUT2D eigenvalue weighted by Gasteiger charge is 2.28. The summed E-state index contributed by atoms with van der Waals surface area (Å²) in [7, 11) is -3.96. The van der Waals surface area contributed by atoms with Crippen LogP contribution in [-0.4, -0.2) is 25.5 Å². The average molecular weight is 323 g/mol. The Morgan fingerprint density at radius 3 is 2.41 bits per heavy atom. The number of carboxylic acid groups (broad SMARTS) is 1. The summed E-state index contributed by atoms with van der Waals surface area (Å²) in [6.45, 7) is 3.15. The normalized spacial score (nSPS) is 13.0. The molecule has 2 aromatic rings. The minimum Gasteiger partial charge on any atom is -0.480 e. The number of sulfonamides is 1. The maximum atomic E-state index is 12.3. The van der Waals surface area contributed by atoms with Gasteiger partial charge in [-0.25, -0.2) is 8.42 Å². The van der Waals surface area contributed by atoms with Crippen LogP contribution in [0.1, 0.15) is 17.1 Å². The lowest BCUT2D eigenvalue weighted by Gasteiger charge is -2.14. The smallest absolute Gasteiger partial charge is 0.322 e. The van der Waals surface area contributed by atoms with Crippen molar-refractivity contribution in [1.82, 2.24) is 4.72 Å². The number of benzene rings is 1. The number of hydrogen-bond donors (Lipinski definition) is 2. The summed E-state index contributed by atoms with van der Waals surface area (Å²) in [5.41, 5.74) is 0.734. The molecule has 0 aliphatic heterocycles. The van der Waals surface area contributed by atoms with E-state index < -0.39 is 22.0 Å². The van der Waals surface area contributed by atoms with E-state index in [1.807, 2.05) is 0 Å². The molecule has 7 heteroatoms. The molecule has 0 amide bonds. The Labute approximate surface area is 128 Å². The summed E-state index contributed by atoms with van der Waals surface area (Å²) in [6, 6.07) is 8.97. The predicted molar refractivity (Wildman–Crippen MR) is 80.1 cm³/mol. The van der Waals surface area contributed by atoms with Crippen molar-refractivity contribution in [2.45, 2.75) is 31.2 Å². The van der Waals surface area contributed by atoms with Crippen LogP contribution in [0.15, 0.2) is 45.7 Å². The zero-order chi connectivity index (χ0) is 16.3. The van der Waals surface area contributed by atoms with Gasteiger partial charge in [0.25, 0.3) is 0 Å². The molecule has 1 heterocycles. The summed E-state index contributed by atoms with van der Waals surface area (Å²) < 4.78 is 32.1. The number of aryl methyl sites for hydroxylation is 2. The molecule has 1 aromatic heterocycles. The fourth-order valence-corrected chi connectivity index (χ4v) is 3.58. The maximum absolute atomic E-state index is 12.3. The molecule has 0 radical (unpaired) electrons. The van der Waals surface area contributed by atoms with Crippen LogP contribution in [0, 0.1) is 13.8 Å². The van der Waals surface area contributed by atoms with Crippen LogP contribution in [-0.2, 0) is 21.2 Å². The molecule has 1 aromatic carbocycles. The highest BCUT2D eigenvalue weighted by Crippen LogP contribution is 2.20. The molecule has 0 unspecified atom stereocenters. The van der Waals surface area contributed by atoms with E-state index in [2.05, 4.69) is 4.72 Å². The van der Waals surface area contributed by atoms with E-state index in [1.165, 1.54) is 13.0 Å². The standard InChI is InChI=1S/C15H17NO5S/c1-10-8-14(11(2)21-10)22(19,20)16-13(15(17)18)9-12-6-4-3-5-7-12/h3-8,13,16H,9H2,1-2H3,(H,17,18)/t13-/m0/s1. The van der Waals surface area contributed by atoms with E-state index in [1.54, 1.807) is 37.3 Å². The summed E-state index contributed by atoms with van der Waals surface area (Å²) in [5.74, 6) is -0.549. The van der Waals surface area contributed by atoms with Gasteiger partial charge in [0.15, 0.2) is 0 Å². The zero-order valence-electron chi connectivity index (χ0n) is 12.2. The van der Waals surface area contributed by atoms with Gasteiger partial charge in [0.2, 0.25) is 10.0 Å². The fraction of sp³-hybridized carbons (Fsp3) is 0.267. The second-order valence-electron chi connectivity index (χ2n) is 4.98. The van der Waals surface area contributed by atoms with Gasteiger partial charge in [-0.1, -0.05) is 30.3 Å². The van der Waals surface area contributed by atoms with E-state index in [0.29, 0.717) is 5.76 Å². The van der Waals surface area contributed by atoms with Crippen molar-refractivity contribution in [3.05, 3.63) is 53.5 Å². The lowest BCUT2D eigenvalue weighted by Crippen LogP contribution is -2.42. The third-order valence-corrected chi connectivity index (χ3v) is 4.74. The van der Waals surface area contributed by atoms with Gasteiger partial charge < -0.3 is 9.52 Å². The number of aliphatic carboxylic acids is 1. The van der Waals surface area contributed by atoms with Crippen molar-refractivity contribution in [1.29, 1.82) is 0 Å². The van der Waals surface area contributed by atoms with Gasteiger partial charge in [0.05, 0.1) is 0 Å². The van der Waals surface area contributed by atoms with Crippen molar-refractivity contribution in [2.24, 2.45) is 0 Å². The number of furan rings is 1. The molecule has 0 fully saturated rings. The first-order chi connectivity index (χ1) is 10.3. The van der Waals surface area contributed by atoms with E-state index in [9.17, 15) is 18.3 Å². The zero-order valence-corrected chi connectivity index (χ0v) is 13.1. The summed E-state index contributed by atoms with van der Waals surface area (Å²) in [6.07, 6.45) is 0.0608. The van der Waals surface area contributed by atoms with Crippen LogP contribution in [0.3, 0.4) is 0 Å². The van der Waals surface area contributed by atoms with E-state index in [4.69, 9.17) is 4.42 Å². The van der Waals surface area contributed by atoms with Crippen LogP contribution in [0.2, 0.25) is 0 Å². The molecular weight excluding hydrogens is 306 g/mol. The Morgan fingerprint density at radius 2 is 1.91 bits per heavy atom. The van der Waals surface area contributed by atoms with Gasteiger partial charge in [-0.15, -0.1) is 0 Å². The van der Waals surface area contributed by atoms with Gasteiger partial charge in [-0.3, -0.25) is 4.79 Å². The van der Waals surface area contributed by atoms with Crippen LogP contribution in [0.5, 0.6) is 0 Å². The third kappa shape index (κ3) is 3.75. The first-order valence-corrected chi connectivity index (χ1v) is 8.14. The lowest BCUT2D eigenvalue weighted by molar-refractivity contribution is -0.138. The number of hydrogen-bond acceptors (Lipinski definition) is 4. The maximum Gasteiger partial charge on any atom is 0.322 e. The largest absolute Gasteiger partial charge is 0.480 e. The molecule has 0 saturated heterocycles. The third-order valence-electron chi connectivity index (χ3n) is 3.16. The Bertz CT molecular complexity index is 764. The minimum absolute atomic E-state index is 0.0377. The summed E-state index contributed by atoms with van der Waals surface area (Å²) >= 11 is 0. The molecular formula is C15H17NO5S. The molecule has 22 heavy (non-hydrogen) atoms. The van der Waals surface area contributed by atoms with Crippen LogP contribution >= 0.6 is 0 Å². The molecule has 0 spiro atoms.